The van der Waals surface area contributed by atoms with Crippen LogP contribution < -0.4 is 4.74 Å². The number of aryl methyl sites for hydroxylation is 2. The monoisotopic (exact) mass is 483 g/mol. The molecule has 0 aliphatic carbocycles. The van der Waals surface area contributed by atoms with Gasteiger partial charge in [-0.25, -0.2) is 4.98 Å². The predicted molar refractivity (Wildman–Crippen MR) is 115 cm³/mol. The number of hydrogen-bond donors (Lipinski definition) is 0. The van der Waals surface area contributed by atoms with E-state index in [4.69, 9.17) is 4.74 Å². The van der Waals surface area contributed by atoms with E-state index in [0.717, 1.165) is 50.6 Å². The molecule has 0 spiro atoms. The zero-order valence-corrected chi connectivity index (χ0v) is 18.9. The molecule has 0 amide bonds. The summed E-state index contributed by atoms with van der Waals surface area (Å²) in [6.07, 6.45) is -4.33. The minimum absolute atomic E-state index is 0.400. The normalized spacial score (nSPS) is 12.3. The number of aromatic nitrogens is 1. The van der Waals surface area contributed by atoms with Gasteiger partial charge in [-0.1, -0.05) is 30.3 Å². The van der Waals surface area contributed by atoms with Crippen molar-refractivity contribution in [3.63, 3.8) is 0 Å². The summed E-state index contributed by atoms with van der Waals surface area (Å²) in [4.78, 5) is 5.61. The van der Waals surface area contributed by atoms with Gasteiger partial charge in [0.15, 0.2) is 3.92 Å². The maximum absolute atomic E-state index is 13.1. The molecule has 7 heteroatoms. The largest absolute Gasteiger partial charge is 0.493 e. The average Bonchev–Trinajstić information content (AvgIpc) is 3.01. The van der Waals surface area contributed by atoms with Crippen molar-refractivity contribution in [3.8, 4) is 27.4 Å². The number of rotatable bonds is 5. The first kappa shape index (κ1) is 21.8. The quantitative estimate of drug-likeness (QED) is 0.368. The molecule has 0 aliphatic heterocycles. The fraction of sp³-hybridized carbons (Fsp3) is 0.318. The van der Waals surface area contributed by atoms with E-state index >= 15 is 0 Å². The maximum Gasteiger partial charge on any atom is 0.397 e. The third kappa shape index (κ3) is 4.67. The summed E-state index contributed by atoms with van der Waals surface area (Å²) in [5.74, 6) is 0.400. The van der Waals surface area contributed by atoms with Gasteiger partial charge >= 0.3 is 6.18 Å². The van der Waals surface area contributed by atoms with Crippen LogP contribution in [0.3, 0.4) is 0 Å². The highest BCUT2D eigenvalue weighted by molar-refractivity contribution is 9.11. The Balaban J connectivity index is 1.97. The van der Waals surface area contributed by atoms with E-state index < -0.39 is 18.2 Å². The molecule has 0 atom stereocenters. The number of halogens is 4. The summed E-state index contributed by atoms with van der Waals surface area (Å²) in [5.41, 5.74) is 3.07. The maximum atomic E-state index is 13.1. The second-order valence-corrected chi connectivity index (χ2v) is 9.88. The fourth-order valence-electron chi connectivity index (χ4n) is 2.92. The van der Waals surface area contributed by atoms with E-state index in [-0.39, 0.29) is 0 Å². The Bertz CT molecular complexity index is 1010. The Kier molecular flexibility index (Phi) is 6.11. The highest BCUT2D eigenvalue weighted by Gasteiger charge is 2.48. The van der Waals surface area contributed by atoms with Crippen molar-refractivity contribution < 1.29 is 17.9 Å². The minimum Gasteiger partial charge on any atom is -0.493 e. The van der Waals surface area contributed by atoms with Crippen LogP contribution in [0, 0.1) is 19.3 Å². The Hall–Kier alpha value is -1.86. The summed E-state index contributed by atoms with van der Waals surface area (Å²) >= 11 is 4.96. The van der Waals surface area contributed by atoms with Gasteiger partial charge in [0.1, 0.15) is 12.4 Å². The highest BCUT2D eigenvalue weighted by Crippen LogP contribution is 2.42. The summed E-state index contributed by atoms with van der Waals surface area (Å²) < 4.78 is 45.6. The predicted octanol–water partition coefficient (Wildman–Crippen LogP) is 7.82. The van der Waals surface area contributed by atoms with Crippen LogP contribution in [0.25, 0.3) is 21.7 Å². The molecule has 0 saturated carbocycles. The number of nitrogens with zero attached hydrogens (tertiary/aromatic N) is 1. The SMILES string of the molecule is Cc1cccc(C)c1-c1nc(Br)sc1-c1cccc(OCC(C)(C)C(F)(F)F)c1. The lowest BCUT2D eigenvalue weighted by atomic mass is 9.94. The standard InChI is InChI=1S/C22H21BrF3NOS/c1-13-7-5-8-14(2)17(13)18-19(29-20(23)27-18)15-9-6-10-16(11-15)28-12-21(3,4)22(24,25)26/h5-11H,12H2,1-4H3. The number of benzene rings is 2. The van der Waals surface area contributed by atoms with Gasteiger partial charge in [0.05, 0.1) is 16.0 Å². The Morgan fingerprint density at radius 2 is 1.66 bits per heavy atom. The summed E-state index contributed by atoms with van der Waals surface area (Å²) in [6, 6.07) is 13.2. The molecule has 0 N–H and O–H groups in total. The van der Waals surface area contributed by atoms with Crippen LogP contribution in [0.15, 0.2) is 46.4 Å². The number of alkyl halides is 3. The van der Waals surface area contributed by atoms with Crippen molar-refractivity contribution in [2.75, 3.05) is 6.61 Å². The third-order valence-corrected chi connectivity index (χ3v) is 6.34. The lowest BCUT2D eigenvalue weighted by Crippen LogP contribution is -2.37. The molecular weight excluding hydrogens is 463 g/mol. The average molecular weight is 484 g/mol. The van der Waals surface area contributed by atoms with Gasteiger partial charge in [0.2, 0.25) is 0 Å². The Morgan fingerprint density at radius 1 is 1.03 bits per heavy atom. The number of ether oxygens (including phenoxy) is 1. The minimum atomic E-state index is -4.33. The molecule has 0 bridgehead atoms. The van der Waals surface area contributed by atoms with Crippen LogP contribution in [0.1, 0.15) is 25.0 Å². The molecule has 0 radical (unpaired) electrons. The van der Waals surface area contributed by atoms with Gasteiger partial charge in [0, 0.05) is 5.56 Å². The molecule has 1 aromatic heterocycles. The Labute approximate surface area is 180 Å². The van der Waals surface area contributed by atoms with Crippen molar-refractivity contribution in [1.29, 1.82) is 0 Å². The van der Waals surface area contributed by atoms with Crippen LogP contribution in [0.2, 0.25) is 0 Å². The smallest absolute Gasteiger partial charge is 0.397 e. The summed E-state index contributed by atoms with van der Waals surface area (Å²) in [6.45, 7) is 5.90. The second-order valence-electron chi connectivity index (χ2n) is 7.61. The first-order valence-electron chi connectivity index (χ1n) is 9.02. The van der Waals surface area contributed by atoms with E-state index in [1.165, 1.54) is 11.3 Å². The summed E-state index contributed by atoms with van der Waals surface area (Å²) in [5, 5.41) is 0. The van der Waals surface area contributed by atoms with E-state index in [1.54, 1.807) is 18.2 Å². The van der Waals surface area contributed by atoms with E-state index in [2.05, 4.69) is 20.9 Å². The molecule has 3 aromatic rings. The molecule has 0 fully saturated rings. The van der Waals surface area contributed by atoms with Gasteiger partial charge in [-0.2, -0.15) is 13.2 Å². The second kappa shape index (κ2) is 8.11. The van der Waals surface area contributed by atoms with Crippen molar-refractivity contribution in [2.24, 2.45) is 5.41 Å². The molecule has 1 heterocycles. The van der Waals surface area contributed by atoms with Crippen molar-refractivity contribution >= 4 is 27.3 Å². The zero-order valence-electron chi connectivity index (χ0n) is 16.5. The van der Waals surface area contributed by atoms with Crippen LogP contribution >= 0.6 is 27.3 Å². The fourth-order valence-corrected chi connectivity index (χ4v) is 4.38. The first-order valence-corrected chi connectivity index (χ1v) is 10.6. The highest BCUT2D eigenvalue weighted by atomic mass is 79.9. The lowest BCUT2D eigenvalue weighted by Gasteiger charge is -2.27. The summed E-state index contributed by atoms with van der Waals surface area (Å²) in [7, 11) is 0. The molecule has 3 rings (SSSR count). The van der Waals surface area contributed by atoms with Gasteiger partial charge < -0.3 is 4.74 Å². The molecule has 0 aliphatic rings. The first-order chi connectivity index (χ1) is 13.5. The number of hydrogen-bond acceptors (Lipinski definition) is 3. The van der Waals surface area contributed by atoms with Crippen molar-refractivity contribution in [3.05, 3.63) is 57.5 Å². The lowest BCUT2D eigenvalue weighted by molar-refractivity contribution is -0.219. The zero-order chi connectivity index (χ0) is 21.4. The van der Waals surface area contributed by atoms with Crippen LogP contribution in [-0.4, -0.2) is 17.8 Å². The van der Waals surface area contributed by atoms with Gasteiger partial charge in [-0.05, 0) is 72.4 Å². The molecule has 2 nitrogen and oxygen atoms in total. The number of thiazole rings is 1. The third-order valence-electron chi connectivity index (χ3n) is 4.78. The van der Waals surface area contributed by atoms with Gasteiger partial charge in [-0.15, -0.1) is 11.3 Å². The van der Waals surface area contributed by atoms with E-state index in [9.17, 15) is 13.2 Å². The van der Waals surface area contributed by atoms with E-state index in [1.807, 2.05) is 38.1 Å². The Morgan fingerprint density at radius 3 is 2.28 bits per heavy atom. The molecule has 29 heavy (non-hydrogen) atoms. The van der Waals surface area contributed by atoms with Crippen LogP contribution in [-0.2, 0) is 0 Å². The van der Waals surface area contributed by atoms with Gasteiger partial charge in [0.25, 0.3) is 0 Å². The van der Waals surface area contributed by atoms with Gasteiger partial charge in [-0.3, -0.25) is 0 Å². The topological polar surface area (TPSA) is 22.1 Å². The van der Waals surface area contributed by atoms with Crippen LogP contribution in [0.4, 0.5) is 13.2 Å². The van der Waals surface area contributed by atoms with Crippen LogP contribution in [0.5, 0.6) is 5.75 Å². The molecule has 2 aromatic carbocycles. The van der Waals surface area contributed by atoms with E-state index in [0.29, 0.717) is 5.75 Å². The van der Waals surface area contributed by atoms with Crippen molar-refractivity contribution in [1.82, 2.24) is 4.98 Å². The molecule has 154 valence electrons. The molecular formula is C22H21BrF3NOS. The molecule has 0 saturated heterocycles. The van der Waals surface area contributed by atoms with Crippen molar-refractivity contribution in [2.45, 2.75) is 33.9 Å². The molecule has 0 unspecified atom stereocenters.